The van der Waals surface area contributed by atoms with Gasteiger partial charge in [0.05, 0.1) is 5.02 Å². The van der Waals surface area contributed by atoms with Crippen LogP contribution in [0.25, 0.3) is 0 Å². The second-order valence-corrected chi connectivity index (χ2v) is 5.50. The van der Waals surface area contributed by atoms with Gasteiger partial charge in [0.15, 0.2) is 0 Å². The fraction of sp³-hybridized carbons (Fsp3) is 0.133. The minimum absolute atomic E-state index is 0.000144. The molecular formula is C15H11Cl3O4. The van der Waals surface area contributed by atoms with Crippen LogP contribution in [0, 0.1) is 0 Å². The van der Waals surface area contributed by atoms with Crippen molar-refractivity contribution in [1.82, 2.24) is 0 Å². The van der Waals surface area contributed by atoms with Crippen LogP contribution < -0.4 is 4.74 Å². The van der Waals surface area contributed by atoms with Crippen molar-refractivity contribution in [2.45, 2.75) is 0 Å². The molecule has 0 saturated carbocycles. The van der Waals surface area contributed by atoms with Gasteiger partial charge in [-0.1, -0.05) is 34.8 Å². The quantitative estimate of drug-likeness (QED) is 0.625. The summed E-state index contributed by atoms with van der Waals surface area (Å²) in [4.78, 5) is 11.8. The predicted molar refractivity (Wildman–Crippen MR) is 85.4 cm³/mol. The van der Waals surface area contributed by atoms with Gasteiger partial charge in [-0.15, -0.1) is 0 Å². The highest BCUT2D eigenvalue weighted by Gasteiger charge is 2.13. The number of phenolic OH excluding ortho intramolecular Hbond substituents is 1. The van der Waals surface area contributed by atoms with Crippen molar-refractivity contribution in [2.75, 3.05) is 13.2 Å². The van der Waals surface area contributed by atoms with E-state index in [1.807, 2.05) is 0 Å². The van der Waals surface area contributed by atoms with Crippen molar-refractivity contribution >= 4 is 40.8 Å². The molecule has 7 heteroatoms. The number of benzene rings is 2. The summed E-state index contributed by atoms with van der Waals surface area (Å²) in [5, 5.41) is 10.8. The van der Waals surface area contributed by atoms with Crippen LogP contribution in [0.3, 0.4) is 0 Å². The molecule has 22 heavy (non-hydrogen) atoms. The molecular weight excluding hydrogens is 351 g/mol. The molecule has 0 atom stereocenters. The Morgan fingerprint density at radius 2 is 1.68 bits per heavy atom. The zero-order valence-corrected chi connectivity index (χ0v) is 13.5. The van der Waals surface area contributed by atoms with E-state index in [4.69, 9.17) is 44.3 Å². The van der Waals surface area contributed by atoms with E-state index in [1.165, 1.54) is 18.2 Å². The lowest BCUT2D eigenvalue weighted by Crippen LogP contribution is -2.12. The van der Waals surface area contributed by atoms with Gasteiger partial charge in [-0.05, 0) is 36.4 Å². The maximum Gasteiger partial charge on any atom is 0.342 e. The van der Waals surface area contributed by atoms with Crippen molar-refractivity contribution in [1.29, 1.82) is 0 Å². The number of hydrogen-bond donors (Lipinski definition) is 1. The molecule has 0 aromatic heterocycles. The van der Waals surface area contributed by atoms with Crippen LogP contribution in [-0.2, 0) is 4.74 Å². The number of rotatable bonds is 5. The van der Waals surface area contributed by atoms with Crippen molar-refractivity contribution in [3.63, 3.8) is 0 Å². The lowest BCUT2D eigenvalue weighted by Gasteiger charge is -2.09. The zero-order valence-electron chi connectivity index (χ0n) is 11.2. The highest BCUT2D eigenvalue weighted by Crippen LogP contribution is 2.27. The third kappa shape index (κ3) is 4.44. The van der Waals surface area contributed by atoms with Crippen LogP contribution in [0.1, 0.15) is 10.4 Å². The van der Waals surface area contributed by atoms with Crippen molar-refractivity contribution in [3.05, 3.63) is 57.0 Å². The third-order valence-corrected chi connectivity index (χ3v) is 3.41. The fourth-order valence-electron chi connectivity index (χ4n) is 1.63. The number of ether oxygens (including phenoxy) is 2. The van der Waals surface area contributed by atoms with Crippen LogP contribution in [0.5, 0.6) is 11.5 Å². The van der Waals surface area contributed by atoms with Gasteiger partial charge in [0, 0.05) is 10.0 Å². The van der Waals surface area contributed by atoms with Gasteiger partial charge in [-0.2, -0.15) is 0 Å². The molecule has 0 fully saturated rings. The molecule has 0 aliphatic rings. The summed E-state index contributed by atoms with van der Waals surface area (Å²) in [7, 11) is 0. The largest absolute Gasteiger partial charge is 0.507 e. The molecule has 0 spiro atoms. The molecule has 4 nitrogen and oxygen atoms in total. The van der Waals surface area contributed by atoms with Gasteiger partial charge in [0.2, 0.25) is 0 Å². The Hall–Kier alpha value is -1.62. The first-order valence-electron chi connectivity index (χ1n) is 6.21. The Morgan fingerprint density at radius 3 is 2.36 bits per heavy atom. The molecule has 0 bridgehead atoms. The summed E-state index contributed by atoms with van der Waals surface area (Å²) in [6, 6.07) is 8.95. The lowest BCUT2D eigenvalue weighted by atomic mass is 10.2. The number of carbonyl (C=O) groups is 1. The van der Waals surface area contributed by atoms with Crippen LogP contribution in [0.4, 0.5) is 0 Å². The molecule has 2 rings (SSSR count). The van der Waals surface area contributed by atoms with Gasteiger partial charge in [0.1, 0.15) is 30.3 Å². The molecule has 0 radical (unpaired) electrons. The van der Waals surface area contributed by atoms with Crippen LogP contribution in [-0.4, -0.2) is 24.3 Å². The van der Waals surface area contributed by atoms with Crippen molar-refractivity contribution in [2.24, 2.45) is 0 Å². The first-order valence-corrected chi connectivity index (χ1v) is 7.34. The summed E-state index contributed by atoms with van der Waals surface area (Å²) in [6.07, 6.45) is 0. The molecule has 116 valence electrons. The van der Waals surface area contributed by atoms with Crippen molar-refractivity contribution < 1.29 is 19.4 Å². The van der Waals surface area contributed by atoms with E-state index in [1.54, 1.807) is 18.2 Å². The summed E-state index contributed by atoms with van der Waals surface area (Å²) in [5.74, 6) is -0.462. The average Bonchev–Trinajstić information content (AvgIpc) is 2.45. The summed E-state index contributed by atoms with van der Waals surface area (Å²) in [6.45, 7) is 0.112. The molecule has 0 saturated heterocycles. The normalized spacial score (nSPS) is 10.3. The number of phenols is 1. The van der Waals surface area contributed by atoms with Gasteiger partial charge in [-0.3, -0.25) is 0 Å². The summed E-state index contributed by atoms with van der Waals surface area (Å²) in [5.41, 5.74) is 0.0360. The van der Waals surface area contributed by atoms with E-state index in [9.17, 15) is 9.90 Å². The molecule has 2 aromatic rings. The van der Waals surface area contributed by atoms with E-state index in [0.717, 1.165) is 0 Å². The lowest BCUT2D eigenvalue weighted by molar-refractivity contribution is 0.0447. The molecule has 0 heterocycles. The minimum Gasteiger partial charge on any atom is -0.507 e. The Kier molecular flexibility index (Phi) is 5.77. The molecule has 0 unspecified atom stereocenters. The number of aromatic hydroxyl groups is 1. The zero-order chi connectivity index (χ0) is 16.1. The number of carbonyl (C=O) groups excluding carboxylic acids is 1. The average molecular weight is 362 g/mol. The molecule has 1 N–H and O–H groups in total. The van der Waals surface area contributed by atoms with E-state index in [-0.39, 0.29) is 24.5 Å². The first kappa shape index (κ1) is 16.7. The van der Waals surface area contributed by atoms with Gasteiger partial charge in [-0.25, -0.2) is 4.79 Å². The van der Waals surface area contributed by atoms with Gasteiger partial charge >= 0.3 is 5.97 Å². The van der Waals surface area contributed by atoms with Crippen molar-refractivity contribution in [3.8, 4) is 11.5 Å². The molecule has 2 aromatic carbocycles. The maximum atomic E-state index is 11.8. The smallest absolute Gasteiger partial charge is 0.342 e. The van der Waals surface area contributed by atoms with E-state index in [0.29, 0.717) is 20.8 Å². The molecule has 0 aliphatic carbocycles. The Balaban J connectivity index is 1.84. The Morgan fingerprint density at radius 1 is 1.00 bits per heavy atom. The second-order valence-electron chi connectivity index (χ2n) is 4.22. The number of halogens is 3. The maximum absolute atomic E-state index is 11.8. The second kappa shape index (κ2) is 7.58. The predicted octanol–water partition coefficient (Wildman–Crippen LogP) is 4.59. The van der Waals surface area contributed by atoms with E-state index >= 15 is 0 Å². The molecule has 0 aliphatic heterocycles. The van der Waals surface area contributed by atoms with Crippen LogP contribution >= 0.6 is 34.8 Å². The first-order chi connectivity index (χ1) is 10.5. The van der Waals surface area contributed by atoms with Crippen LogP contribution in [0.15, 0.2) is 36.4 Å². The summed E-state index contributed by atoms with van der Waals surface area (Å²) >= 11 is 17.4. The molecule has 0 amide bonds. The standard InChI is InChI=1S/C15H11Cl3O4/c16-9-2-4-14(12(18)7-9)21-5-6-22-15(20)11-3-1-10(17)8-13(11)19/h1-4,7-8,19H,5-6H2. The Labute approximate surface area is 142 Å². The van der Waals surface area contributed by atoms with E-state index in [2.05, 4.69) is 0 Å². The van der Waals surface area contributed by atoms with Gasteiger partial charge < -0.3 is 14.6 Å². The van der Waals surface area contributed by atoms with Crippen LogP contribution in [0.2, 0.25) is 15.1 Å². The number of esters is 1. The highest BCUT2D eigenvalue weighted by molar-refractivity contribution is 6.35. The van der Waals surface area contributed by atoms with E-state index < -0.39 is 5.97 Å². The topological polar surface area (TPSA) is 55.8 Å². The fourth-order valence-corrected chi connectivity index (χ4v) is 2.26. The highest BCUT2D eigenvalue weighted by atomic mass is 35.5. The Bertz CT molecular complexity index is 688. The van der Waals surface area contributed by atoms with Gasteiger partial charge in [0.25, 0.3) is 0 Å². The monoisotopic (exact) mass is 360 g/mol. The SMILES string of the molecule is O=C(OCCOc1ccc(Cl)cc1Cl)c1ccc(Cl)cc1O. The number of hydrogen-bond acceptors (Lipinski definition) is 4. The minimum atomic E-state index is -0.667. The third-order valence-electron chi connectivity index (χ3n) is 2.65. The summed E-state index contributed by atoms with van der Waals surface area (Å²) < 4.78 is 10.4.